The molecule has 0 aliphatic heterocycles. The molecule has 0 saturated heterocycles. The van der Waals surface area contributed by atoms with E-state index in [0.717, 1.165) is 38.2 Å². The summed E-state index contributed by atoms with van der Waals surface area (Å²) in [6, 6.07) is 3.91. The summed E-state index contributed by atoms with van der Waals surface area (Å²) < 4.78 is 26.2. The maximum absolute atomic E-state index is 13.3. The zero-order valence-corrected chi connectivity index (χ0v) is 13.7. The van der Waals surface area contributed by atoms with Gasteiger partial charge in [-0.3, -0.25) is 0 Å². The largest absolute Gasteiger partial charge is 1.00 e. The maximum Gasteiger partial charge on any atom is 1.00 e. The molecule has 1 atom stereocenters. The fourth-order valence-electron chi connectivity index (χ4n) is 1.70. The molecule has 0 aliphatic rings. The van der Waals surface area contributed by atoms with E-state index in [1.807, 2.05) is 0 Å². The van der Waals surface area contributed by atoms with E-state index in [4.69, 9.17) is 0 Å². The predicted molar refractivity (Wildman–Crippen MR) is 80.3 cm³/mol. The minimum atomic E-state index is -0.925. The molecule has 0 bridgehead atoms. The van der Waals surface area contributed by atoms with E-state index < -0.39 is 17.7 Å². The number of unbranched alkanes of at least 4 members (excludes halogenated alkanes) is 4. The van der Waals surface area contributed by atoms with Gasteiger partial charge in [0, 0.05) is 5.56 Å². The molecule has 1 rings (SSSR count). The molecule has 0 aliphatic carbocycles. The molecule has 1 aromatic rings. The van der Waals surface area contributed by atoms with Gasteiger partial charge in [0.1, 0.15) is 0 Å². The standard InChI is InChI=1S/C13H18F2O.C4H9.Li/c1-2-3-4-5-9-12(16)10-7-6-8-11(14)13(10)15;1-3-4-2;/h6-8,12,16H,2-5,9H2,1H3;1,3-4H2,2H3;/q;-1;+1. The van der Waals surface area contributed by atoms with Crippen LogP contribution in [0, 0.1) is 18.6 Å². The third-order valence-corrected chi connectivity index (χ3v) is 3.03. The fourth-order valence-corrected chi connectivity index (χ4v) is 1.70. The van der Waals surface area contributed by atoms with Gasteiger partial charge in [-0.05, 0) is 12.5 Å². The Morgan fingerprint density at radius 3 is 2.24 bits per heavy atom. The third-order valence-electron chi connectivity index (χ3n) is 3.03. The normalized spacial score (nSPS) is 11.1. The summed E-state index contributed by atoms with van der Waals surface area (Å²) in [5, 5.41) is 9.72. The van der Waals surface area contributed by atoms with Crippen LogP contribution in [0.15, 0.2) is 18.2 Å². The average Bonchev–Trinajstić information content (AvgIpc) is 2.46. The summed E-state index contributed by atoms with van der Waals surface area (Å²) >= 11 is 0. The summed E-state index contributed by atoms with van der Waals surface area (Å²) in [6.45, 7) is 7.82. The van der Waals surface area contributed by atoms with Crippen LogP contribution in [0.3, 0.4) is 0 Å². The Kier molecular flexibility index (Phi) is 15.9. The van der Waals surface area contributed by atoms with Crippen LogP contribution >= 0.6 is 0 Å². The van der Waals surface area contributed by atoms with E-state index >= 15 is 0 Å². The summed E-state index contributed by atoms with van der Waals surface area (Å²) in [7, 11) is 0. The monoisotopic (exact) mass is 292 g/mol. The smallest absolute Gasteiger partial charge is 0.388 e. The van der Waals surface area contributed by atoms with Crippen molar-refractivity contribution >= 4 is 0 Å². The third kappa shape index (κ3) is 10.1. The van der Waals surface area contributed by atoms with Crippen LogP contribution in [0.1, 0.15) is 70.5 Å². The van der Waals surface area contributed by atoms with Crippen LogP contribution < -0.4 is 18.9 Å². The van der Waals surface area contributed by atoms with E-state index in [1.54, 1.807) is 0 Å². The molecule has 4 heteroatoms. The van der Waals surface area contributed by atoms with Crippen LogP contribution in [0.4, 0.5) is 8.78 Å². The van der Waals surface area contributed by atoms with Crippen LogP contribution in [-0.2, 0) is 0 Å². The number of aliphatic hydroxyl groups excluding tert-OH is 1. The first-order chi connectivity index (χ1) is 9.58. The topological polar surface area (TPSA) is 20.2 Å². The molecule has 0 saturated carbocycles. The second kappa shape index (κ2) is 14.6. The van der Waals surface area contributed by atoms with Gasteiger partial charge in [0.25, 0.3) is 0 Å². The van der Waals surface area contributed by atoms with E-state index in [0.29, 0.717) is 6.42 Å². The Morgan fingerprint density at radius 1 is 1.10 bits per heavy atom. The zero-order valence-electron chi connectivity index (χ0n) is 13.7. The van der Waals surface area contributed by atoms with Crippen molar-refractivity contribution in [3.05, 3.63) is 42.3 Å². The van der Waals surface area contributed by atoms with Crippen LogP contribution in [0.2, 0.25) is 0 Å². The van der Waals surface area contributed by atoms with Crippen molar-refractivity contribution in [1.82, 2.24) is 0 Å². The zero-order chi connectivity index (χ0) is 15.4. The first kappa shape index (κ1) is 22.9. The minimum absolute atomic E-state index is 0. The predicted octanol–water partition coefficient (Wildman–Crippen LogP) is 2.59. The van der Waals surface area contributed by atoms with Crippen molar-refractivity contribution in [3.8, 4) is 0 Å². The molecule has 0 fully saturated rings. The Labute approximate surface area is 140 Å². The molecule has 1 aromatic carbocycles. The van der Waals surface area contributed by atoms with E-state index in [-0.39, 0.29) is 24.4 Å². The summed E-state index contributed by atoms with van der Waals surface area (Å²) in [5.74, 6) is -1.82. The number of aliphatic hydroxyl groups is 1. The van der Waals surface area contributed by atoms with E-state index in [9.17, 15) is 13.9 Å². The Morgan fingerprint density at radius 2 is 1.71 bits per heavy atom. The van der Waals surface area contributed by atoms with Gasteiger partial charge in [-0.25, -0.2) is 8.78 Å². The van der Waals surface area contributed by atoms with Crippen molar-refractivity contribution in [1.29, 1.82) is 0 Å². The molecular weight excluding hydrogens is 265 g/mol. The number of halogens is 2. The molecule has 0 heterocycles. The van der Waals surface area contributed by atoms with Crippen molar-refractivity contribution in [2.75, 3.05) is 0 Å². The number of hydrogen-bond acceptors (Lipinski definition) is 1. The molecule has 0 radical (unpaired) electrons. The Bertz CT molecular complexity index is 357. The number of benzene rings is 1. The molecule has 0 amide bonds. The van der Waals surface area contributed by atoms with Crippen molar-refractivity contribution < 1.29 is 32.7 Å². The average molecular weight is 292 g/mol. The first-order valence-corrected chi connectivity index (χ1v) is 7.49. The SMILES string of the molecule is CCCCCCC(O)c1cccc(F)c1F.[CH2-]CCC.[Li+]. The van der Waals surface area contributed by atoms with Crippen LogP contribution in [0.5, 0.6) is 0 Å². The van der Waals surface area contributed by atoms with Gasteiger partial charge in [0.05, 0.1) is 6.10 Å². The fraction of sp³-hybridized carbons (Fsp3) is 0.588. The number of hydrogen-bond donors (Lipinski definition) is 1. The van der Waals surface area contributed by atoms with Gasteiger partial charge in [0.2, 0.25) is 0 Å². The van der Waals surface area contributed by atoms with Crippen molar-refractivity contribution in [2.24, 2.45) is 0 Å². The van der Waals surface area contributed by atoms with Crippen LogP contribution in [-0.4, -0.2) is 5.11 Å². The minimum Gasteiger partial charge on any atom is -0.388 e. The maximum atomic E-state index is 13.3. The van der Waals surface area contributed by atoms with Gasteiger partial charge in [-0.15, -0.1) is 0 Å². The quantitative estimate of drug-likeness (QED) is 0.465. The molecule has 1 nitrogen and oxygen atoms in total. The van der Waals surface area contributed by atoms with Gasteiger partial charge in [-0.1, -0.05) is 58.1 Å². The van der Waals surface area contributed by atoms with Crippen LogP contribution in [0.25, 0.3) is 0 Å². The first-order valence-electron chi connectivity index (χ1n) is 7.49. The molecule has 1 N–H and O–H groups in total. The molecule has 116 valence electrons. The Balaban J connectivity index is 0. The molecule has 0 spiro atoms. The van der Waals surface area contributed by atoms with Gasteiger partial charge >= 0.3 is 18.9 Å². The summed E-state index contributed by atoms with van der Waals surface area (Å²) in [6.07, 6.45) is 5.95. The molecular formula is C17H27F2LiO. The van der Waals surface area contributed by atoms with Gasteiger partial charge in [0.15, 0.2) is 11.6 Å². The molecule has 21 heavy (non-hydrogen) atoms. The Hall–Kier alpha value is -0.363. The second-order valence-corrected chi connectivity index (χ2v) is 4.86. The molecule has 1 unspecified atom stereocenters. The van der Waals surface area contributed by atoms with E-state index in [2.05, 4.69) is 20.8 Å². The van der Waals surface area contributed by atoms with E-state index in [1.165, 1.54) is 18.6 Å². The van der Waals surface area contributed by atoms with Crippen molar-refractivity contribution in [3.63, 3.8) is 0 Å². The van der Waals surface area contributed by atoms with Gasteiger partial charge < -0.3 is 12.0 Å². The van der Waals surface area contributed by atoms with Crippen molar-refractivity contribution in [2.45, 2.75) is 64.9 Å². The second-order valence-electron chi connectivity index (χ2n) is 4.86. The summed E-state index contributed by atoms with van der Waals surface area (Å²) in [4.78, 5) is 0. The van der Waals surface area contributed by atoms with Gasteiger partial charge in [-0.2, -0.15) is 6.42 Å². The summed E-state index contributed by atoms with van der Waals surface area (Å²) in [5.41, 5.74) is 0.0662. The molecule has 0 aromatic heterocycles. The number of rotatable bonds is 7.